The van der Waals surface area contributed by atoms with Crippen molar-refractivity contribution in [1.82, 2.24) is 4.90 Å². The maximum absolute atomic E-state index is 12.6. The molecule has 0 atom stereocenters. The van der Waals surface area contributed by atoms with Crippen molar-refractivity contribution in [2.45, 2.75) is 19.9 Å². The van der Waals surface area contributed by atoms with E-state index in [1.807, 2.05) is 42.2 Å². The predicted molar refractivity (Wildman–Crippen MR) is 88.2 cm³/mol. The Kier molecular flexibility index (Phi) is 3.72. The number of carbonyl (C=O) groups is 1. The fourth-order valence-corrected chi connectivity index (χ4v) is 3.02. The fraction of sp³-hybridized carbons (Fsp3) is 0.235. The van der Waals surface area contributed by atoms with Crippen LogP contribution in [-0.2, 0) is 13.0 Å². The molecule has 0 fully saturated rings. The molecule has 2 N–H and O–H groups in total. The van der Waals surface area contributed by atoms with Gasteiger partial charge in [0.2, 0.25) is 0 Å². The van der Waals surface area contributed by atoms with Gasteiger partial charge in [0.05, 0.1) is 0 Å². The van der Waals surface area contributed by atoms with Gasteiger partial charge in [-0.2, -0.15) is 0 Å². The van der Waals surface area contributed by atoms with Gasteiger partial charge in [-0.25, -0.2) is 0 Å². The average molecular weight is 345 g/mol. The second-order valence-corrected chi connectivity index (χ2v) is 6.28. The topological polar surface area (TPSA) is 46.3 Å². The molecule has 21 heavy (non-hydrogen) atoms. The van der Waals surface area contributed by atoms with Gasteiger partial charge in [-0.15, -0.1) is 0 Å². The largest absolute Gasteiger partial charge is 0.398 e. The number of hydrogen-bond acceptors (Lipinski definition) is 2. The van der Waals surface area contributed by atoms with Crippen molar-refractivity contribution in [3.05, 3.63) is 63.1 Å². The van der Waals surface area contributed by atoms with Crippen LogP contribution in [-0.4, -0.2) is 17.4 Å². The molecule has 2 aromatic carbocycles. The lowest BCUT2D eigenvalue weighted by atomic mass is 9.97. The van der Waals surface area contributed by atoms with Crippen molar-refractivity contribution >= 4 is 27.5 Å². The number of fused-ring (bicyclic) bond motifs is 1. The van der Waals surface area contributed by atoms with Gasteiger partial charge in [-0.3, -0.25) is 4.79 Å². The summed E-state index contributed by atoms with van der Waals surface area (Å²) >= 11 is 3.47. The number of hydrogen-bond donors (Lipinski definition) is 1. The first-order valence-corrected chi connectivity index (χ1v) is 7.77. The normalized spacial score (nSPS) is 13.9. The molecule has 4 heteroatoms. The molecule has 3 rings (SSSR count). The van der Waals surface area contributed by atoms with Crippen molar-refractivity contribution in [3.63, 3.8) is 0 Å². The van der Waals surface area contributed by atoms with E-state index in [0.717, 1.165) is 39.8 Å². The van der Waals surface area contributed by atoms with Crippen molar-refractivity contribution in [2.24, 2.45) is 0 Å². The molecule has 2 aromatic rings. The van der Waals surface area contributed by atoms with Gasteiger partial charge in [-0.1, -0.05) is 28.1 Å². The minimum Gasteiger partial charge on any atom is -0.398 e. The minimum absolute atomic E-state index is 0.0821. The Labute approximate surface area is 132 Å². The summed E-state index contributed by atoms with van der Waals surface area (Å²) in [5, 5.41) is 0. The molecule has 1 aliphatic heterocycles. The summed E-state index contributed by atoms with van der Waals surface area (Å²) in [7, 11) is 0. The summed E-state index contributed by atoms with van der Waals surface area (Å²) in [6.45, 7) is 3.34. The molecule has 108 valence electrons. The van der Waals surface area contributed by atoms with Gasteiger partial charge in [-0.05, 0) is 54.3 Å². The Morgan fingerprint density at radius 1 is 1.29 bits per heavy atom. The van der Waals surface area contributed by atoms with Crippen LogP contribution in [0.1, 0.15) is 27.0 Å². The number of halogens is 1. The molecule has 0 unspecified atom stereocenters. The van der Waals surface area contributed by atoms with E-state index in [-0.39, 0.29) is 5.91 Å². The van der Waals surface area contributed by atoms with Crippen LogP contribution in [0.4, 0.5) is 5.69 Å². The lowest BCUT2D eigenvalue weighted by Crippen LogP contribution is -2.36. The maximum Gasteiger partial charge on any atom is 0.254 e. The number of aryl methyl sites for hydroxylation is 1. The molecule has 0 saturated heterocycles. The smallest absolute Gasteiger partial charge is 0.254 e. The zero-order valence-corrected chi connectivity index (χ0v) is 13.5. The van der Waals surface area contributed by atoms with E-state index in [2.05, 4.69) is 22.0 Å². The van der Waals surface area contributed by atoms with Crippen LogP contribution >= 0.6 is 15.9 Å². The van der Waals surface area contributed by atoms with Crippen LogP contribution in [0, 0.1) is 6.92 Å². The lowest BCUT2D eigenvalue weighted by Gasteiger charge is -2.29. The highest BCUT2D eigenvalue weighted by Gasteiger charge is 2.22. The van der Waals surface area contributed by atoms with Crippen molar-refractivity contribution in [1.29, 1.82) is 0 Å². The lowest BCUT2D eigenvalue weighted by molar-refractivity contribution is 0.0735. The van der Waals surface area contributed by atoms with Crippen LogP contribution in [0.3, 0.4) is 0 Å². The summed E-state index contributed by atoms with van der Waals surface area (Å²) in [5.41, 5.74) is 11.0. The van der Waals surface area contributed by atoms with Crippen LogP contribution < -0.4 is 5.73 Å². The standard InChI is InChI=1S/C17H17BrN2O/c1-11-9-12(5-6-15(11)18)17(21)20-8-7-14-13(10-20)3-2-4-16(14)19/h2-6,9H,7-8,10,19H2,1H3. The Hall–Kier alpha value is -1.81. The summed E-state index contributed by atoms with van der Waals surface area (Å²) in [4.78, 5) is 14.5. The van der Waals surface area contributed by atoms with Crippen molar-refractivity contribution in [2.75, 3.05) is 12.3 Å². The van der Waals surface area contributed by atoms with Crippen LogP contribution in [0.2, 0.25) is 0 Å². The summed E-state index contributed by atoms with van der Waals surface area (Å²) in [5.74, 6) is 0.0821. The van der Waals surface area contributed by atoms with Crippen LogP contribution in [0.15, 0.2) is 40.9 Å². The van der Waals surface area contributed by atoms with E-state index in [1.165, 1.54) is 5.56 Å². The summed E-state index contributed by atoms with van der Waals surface area (Å²) in [6.07, 6.45) is 0.823. The first-order valence-electron chi connectivity index (χ1n) is 6.98. The molecule has 1 aliphatic rings. The van der Waals surface area contributed by atoms with E-state index in [0.29, 0.717) is 6.54 Å². The number of benzene rings is 2. The Morgan fingerprint density at radius 2 is 2.10 bits per heavy atom. The molecule has 1 heterocycles. The molecular weight excluding hydrogens is 328 g/mol. The predicted octanol–water partition coefficient (Wildman–Crippen LogP) is 3.54. The van der Waals surface area contributed by atoms with Crippen molar-refractivity contribution < 1.29 is 4.79 Å². The van der Waals surface area contributed by atoms with Crippen LogP contribution in [0.25, 0.3) is 0 Å². The highest BCUT2D eigenvalue weighted by molar-refractivity contribution is 9.10. The third-order valence-corrected chi connectivity index (χ3v) is 4.88. The number of amides is 1. The monoisotopic (exact) mass is 344 g/mol. The van der Waals surface area contributed by atoms with Gasteiger partial charge in [0.25, 0.3) is 5.91 Å². The van der Waals surface area contributed by atoms with Gasteiger partial charge >= 0.3 is 0 Å². The molecule has 3 nitrogen and oxygen atoms in total. The van der Waals surface area contributed by atoms with Gasteiger partial charge in [0.15, 0.2) is 0 Å². The van der Waals surface area contributed by atoms with Crippen molar-refractivity contribution in [3.8, 4) is 0 Å². The minimum atomic E-state index is 0.0821. The third kappa shape index (κ3) is 2.68. The number of nitrogen functional groups attached to an aromatic ring is 1. The second kappa shape index (κ2) is 5.53. The number of carbonyl (C=O) groups excluding carboxylic acids is 1. The molecule has 0 radical (unpaired) electrons. The molecule has 1 amide bonds. The highest BCUT2D eigenvalue weighted by atomic mass is 79.9. The summed E-state index contributed by atoms with van der Waals surface area (Å²) in [6, 6.07) is 11.7. The number of rotatable bonds is 1. The number of nitrogens with two attached hydrogens (primary N) is 1. The first kappa shape index (κ1) is 14.1. The maximum atomic E-state index is 12.6. The highest BCUT2D eigenvalue weighted by Crippen LogP contribution is 2.26. The molecular formula is C17H17BrN2O. The van der Waals surface area contributed by atoms with E-state index in [4.69, 9.17) is 5.73 Å². The molecule has 0 aliphatic carbocycles. The zero-order valence-electron chi connectivity index (χ0n) is 11.9. The second-order valence-electron chi connectivity index (χ2n) is 5.43. The SMILES string of the molecule is Cc1cc(C(=O)N2CCc3c(N)cccc3C2)ccc1Br. The Balaban J connectivity index is 1.85. The number of nitrogens with zero attached hydrogens (tertiary/aromatic N) is 1. The van der Waals surface area contributed by atoms with E-state index in [9.17, 15) is 4.79 Å². The molecule has 0 aromatic heterocycles. The Bertz CT molecular complexity index is 712. The van der Waals surface area contributed by atoms with Gasteiger partial charge in [0, 0.05) is 28.8 Å². The first-order chi connectivity index (χ1) is 10.1. The van der Waals surface area contributed by atoms with Gasteiger partial charge < -0.3 is 10.6 Å². The average Bonchev–Trinajstić information content (AvgIpc) is 2.49. The van der Waals surface area contributed by atoms with Gasteiger partial charge in [0.1, 0.15) is 0 Å². The van der Waals surface area contributed by atoms with Crippen LogP contribution in [0.5, 0.6) is 0 Å². The van der Waals surface area contributed by atoms with E-state index >= 15 is 0 Å². The molecule has 0 saturated carbocycles. The zero-order chi connectivity index (χ0) is 15.0. The van der Waals surface area contributed by atoms with E-state index in [1.54, 1.807) is 0 Å². The third-order valence-electron chi connectivity index (χ3n) is 3.99. The molecule has 0 bridgehead atoms. The Morgan fingerprint density at radius 3 is 2.86 bits per heavy atom. The molecule has 0 spiro atoms. The summed E-state index contributed by atoms with van der Waals surface area (Å²) < 4.78 is 1.02. The fourth-order valence-electron chi connectivity index (χ4n) is 2.77. The number of anilines is 1. The van der Waals surface area contributed by atoms with E-state index < -0.39 is 0 Å². The quantitative estimate of drug-likeness (QED) is 0.804.